The number of nitrogens with one attached hydrogen (secondary N) is 1. The fraction of sp³-hybridized carbons (Fsp3) is 0.364. The SMILES string of the molecule is NCCC(=O)NCCc1c(F)cc(F)cc1F. The second-order valence-corrected chi connectivity index (χ2v) is 3.49. The van der Waals surface area contributed by atoms with Crippen LogP contribution < -0.4 is 11.1 Å². The third kappa shape index (κ3) is 4.07. The van der Waals surface area contributed by atoms with E-state index in [0.29, 0.717) is 12.1 Å². The summed E-state index contributed by atoms with van der Waals surface area (Å²) in [5.74, 6) is -3.14. The number of carbonyl (C=O) groups excluding carboxylic acids is 1. The molecule has 3 N–H and O–H groups in total. The van der Waals surface area contributed by atoms with Crippen molar-refractivity contribution in [1.29, 1.82) is 0 Å². The van der Waals surface area contributed by atoms with Crippen molar-refractivity contribution in [3.05, 3.63) is 35.1 Å². The van der Waals surface area contributed by atoms with Gasteiger partial charge in [0.2, 0.25) is 5.91 Å². The molecule has 1 amide bonds. The molecule has 6 heteroatoms. The Hall–Kier alpha value is -1.56. The summed E-state index contributed by atoms with van der Waals surface area (Å²) in [7, 11) is 0. The predicted molar refractivity (Wildman–Crippen MR) is 56.7 cm³/mol. The second kappa shape index (κ2) is 6.24. The highest BCUT2D eigenvalue weighted by Gasteiger charge is 2.11. The lowest BCUT2D eigenvalue weighted by Crippen LogP contribution is -2.27. The third-order valence-electron chi connectivity index (χ3n) is 2.17. The second-order valence-electron chi connectivity index (χ2n) is 3.49. The van der Waals surface area contributed by atoms with Crippen molar-refractivity contribution in [1.82, 2.24) is 5.32 Å². The molecule has 0 aliphatic rings. The van der Waals surface area contributed by atoms with E-state index >= 15 is 0 Å². The summed E-state index contributed by atoms with van der Waals surface area (Å²) in [6, 6.07) is 1.22. The van der Waals surface area contributed by atoms with Crippen molar-refractivity contribution in [2.45, 2.75) is 12.8 Å². The first-order chi connectivity index (χ1) is 8.04. The van der Waals surface area contributed by atoms with E-state index in [4.69, 9.17) is 5.73 Å². The first kappa shape index (κ1) is 13.5. The molecular weight excluding hydrogens is 233 g/mol. The van der Waals surface area contributed by atoms with Crippen LogP contribution in [-0.2, 0) is 11.2 Å². The average Bonchev–Trinajstić information content (AvgIpc) is 2.22. The number of benzene rings is 1. The fourth-order valence-corrected chi connectivity index (χ4v) is 1.36. The lowest BCUT2D eigenvalue weighted by atomic mass is 10.1. The van der Waals surface area contributed by atoms with Crippen molar-refractivity contribution in [2.24, 2.45) is 5.73 Å². The summed E-state index contributed by atoms with van der Waals surface area (Å²) in [4.78, 5) is 11.0. The maximum Gasteiger partial charge on any atom is 0.221 e. The van der Waals surface area contributed by atoms with E-state index in [1.54, 1.807) is 0 Å². The summed E-state index contributed by atoms with van der Waals surface area (Å²) in [5.41, 5.74) is 4.92. The van der Waals surface area contributed by atoms with Crippen LogP contribution in [0.15, 0.2) is 12.1 Å². The number of hydrogen-bond donors (Lipinski definition) is 2. The van der Waals surface area contributed by atoms with Crippen LogP contribution in [0, 0.1) is 17.5 Å². The zero-order chi connectivity index (χ0) is 12.8. The summed E-state index contributed by atoms with van der Waals surface area (Å²) in [6.07, 6.45) is 0.128. The molecule has 0 heterocycles. The van der Waals surface area contributed by atoms with E-state index in [0.717, 1.165) is 0 Å². The van der Waals surface area contributed by atoms with E-state index in [1.807, 2.05) is 0 Å². The molecule has 0 saturated carbocycles. The summed E-state index contributed by atoms with van der Waals surface area (Å²) in [5, 5.41) is 2.46. The van der Waals surface area contributed by atoms with Crippen molar-refractivity contribution in [3.63, 3.8) is 0 Å². The van der Waals surface area contributed by atoms with Gasteiger partial charge < -0.3 is 11.1 Å². The highest BCUT2D eigenvalue weighted by molar-refractivity contribution is 5.75. The maximum absolute atomic E-state index is 13.2. The molecule has 0 atom stereocenters. The molecule has 0 fully saturated rings. The molecule has 0 spiro atoms. The Bertz CT molecular complexity index is 387. The minimum absolute atomic E-state index is 0.0335. The molecule has 0 aliphatic heterocycles. The van der Waals surface area contributed by atoms with Crippen LogP contribution >= 0.6 is 0 Å². The maximum atomic E-state index is 13.2. The van der Waals surface area contributed by atoms with Crippen LogP contribution in [0.1, 0.15) is 12.0 Å². The third-order valence-corrected chi connectivity index (χ3v) is 2.17. The number of hydrogen-bond acceptors (Lipinski definition) is 2. The van der Waals surface area contributed by atoms with E-state index < -0.39 is 17.5 Å². The van der Waals surface area contributed by atoms with Crippen molar-refractivity contribution >= 4 is 5.91 Å². The van der Waals surface area contributed by atoms with Gasteiger partial charge in [0.25, 0.3) is 0 Å². The van der Waals surface area contributed by atoms with Gasteiger partial charge in [0.1, 0.15) is 17.5 Å². The van der Waals surface area contributed by atoms with Gasteiger partial charge in [-0.1, -0.05) is 0 Å². The van der Waals surface area contributed by atoms with Gasteiger partial charge in [-0.05, 0) is 6.42 Å². The molecule has 0 aliphatic carbocycles. The lowest BCUT2D eigenvalue weighted by molar-refractivity contribution is -0.120. The van der Waals surface area contributed by atoms with Crippen molar-refractivity contribution < 1.29 is 18.0 Å². The van der Waals surface area contributed by atoms with Gasteiger partial charge in [0.05, 0.1) is 0 Å². The van der Waals surface area contributed by atoms with Gasteiger partial charge in [-0.2, -0.15) is 0 Å². The number of carbonyl (C=O) groups is 1. The number of amides is 1. The van der Waals surface area contributed by atoms with E-state index in [9.17, 15) is 18.0 Å². The highest BCUT2D eigenvalue weighted by Crippen LogP contribution is 2.14. The molecule has 0 unspecified atom stereocenters. The van der Waals surface area contributed by atoms with Gasteiger partial charge >= 0.3 is 0 Å². The molecule has 94 valence electrons. The fourth-order valence-electron chi connectivity index (χ4n) is 1.36. The zero-order valence-electron chi connectivity index (χ0n) is 9.10. The number of rotatable bonds is 5. The summed E-state index contributed by atoms with van der Waals surface area (Å²) < 4.78 is 38.9. The van der Waals surface area contributed by atoms with Crippen LogP contribution in [0.3, 0.4) is 0 Å². The van der Waals surface area contributed by atoms with Crippen LogP contribution in [0.5, 0.6) is 0 Å². The largest absolute Gasteiger partial charge is 0.356 e. The number of halogens is 3. The number of nitrogens with two attached hydrogens (primary N) is 1. The summed E-state index contributed by atoms with van der Waals surface area (Å²) >= 11 is 0. The van der Waals surface area contributed by atoms with Gasteiger partial charge in [0, 0.05) is 37.2 Å². The van der Waals surface area contributed by atoms with E-state index in [-0.39, 0.29) is 37.4 Å². The predicted octanol–water partition coefficient (Wildman–Crippen LogP) is 1.11. The molecule has 1 aromatic carbocycles. The van der Waals surface area contributed by atoms with Crippen molar-refractivity contribution in [2.75, 3.05) is 13.1 Å². The first-order valence-electron chi connectivity index (χ1n) is 5.14. The Balaban J connectivity index is 2.55. The normalized spacial score (nSPS) is 10.4. The highest BCUT2D eigenvalue weighted by atomic mass is 19.1. The Kier molecular flexibility index (Phi) is 4.96. The van der Waals surface area contributed by atoms with Gasteiger partial charge in [0.15, 0.2) is 0 Å². The molecule has 0 saturated heterocycles. The standard InChI is InChI=1S/C11H13F3N2O/c12-7-5-9(13)8(10(14)6-7)2-4-16-11(17)1-3-15/h5-6H,1-4,15H2,(H,16,17). The molecule has 17 heavy (non-hydrogen) atoms. The Morgan fingerprint density at radius 1 is 1.24 bits per heavy atom. The molecule has 1 rings (SSSR count). The molecule has 3 nitrogen and oxygen atoms in total. The molecular formula is C11H13F3N2O. The molecule has 0 aromatic heterocycles. The van der Waals surface area contributed by atoms with Gasteiger partial charge in [-0.15, -0.1) is 0 Å². The average molecular weight is 246 g/mol. The topological polar surface area (TPSA) is 55.1 Å². The molecule has 0 bridgehead atoms. The minimum atomic E-state index is -0.962. The van der Waals surface area contributed by atoms with Crippen LogP contribution in [0.25, 0.3) is 0 Å². The Morgan fingerprint density at radius 3 is 2.35 bits per heavy atom. The van der Waals surface area contributed by atoms with Crippen LogP contribution in [0.4, 0.5) is 13.2 Å². The smallest absolute Gasteiger partial charge is 0.221 e. The Labute approximate surface area is 96.8 Å². The quantitative estimate of drug-likeness (QED) is 0.817. The minimum Gasteiger partial charge on any atom is -0.356 e. The van der Waals surface area contributed by atoms with Crippen molar-refractivity contribution in [3.8, 4) is 0 Å². The zero-order valence-corrected chi connectivity index (χ0v) is 9.10. The van der Waals surface area contributed by atoms with Gasteiger partial charge in [-0.25, -0.2) is 13.2 Å². The molecule has 1 aromatic rings. The Morgan fingerprint density at radius 2 is 1.82 bits per heavy atom. The van der Waals surface area contributed by atoms with E-state index in [1.165, 1.54) is 0 Å². The molecule has 0 radical (unpaired) electrons. The van der Waals surface area contributed by atoms with E-state index in [2.05, 4.69) is 5.32 Å². The van der Waals surface area contributed by atoms with Gasteiger partial charge in [-0.3, -0.25) is 4.79 Å². The van der Waals surface area contributed by atoms with Crippen LogP contribution in [-0.4, -0.2) is 19.0 Å². The monoisotopic (exact) mass is 246 g/mol. The lowest BCUT2D eigenvalue weighted by Gasteiger charge is -2.06. The summed E-state index contributed by atoms with van der Waals surface area (Å²) in [6.45, 7) is 0.295. The first-order valence-corrected chi connectivity index (χ1v) is 5.14. The van der Waals surface area contributed by atoms with Crippen LogP contribution in [0.2, 0.25) is 0 Å².